The van der Waals surface area contributed by atoms with Crippen LogP contribution in [0.2, 0.25) is 10.0 Å². The largest absolute Gasteiger partial charge is 0.497 e. The van der Waals surface area contributed by atoms with Gasteiger partial charge in [0.25, 0.3) is 0 Å². The Bertz CT molecular complexity index is 867. The molecule has 0 aliphatic carbocycles. The minimum Gasteiger partial charge on any atom is -0.497 e. The van der Waals surface area contributed by atoms with Crippen LogP contribution in [0.1, 0.15) is 25.3 Å². The minimum absolute atomic E-state index is 0.0586. The van der Waals surface area contributed by atoms with Crippen LogP contribution in [0.3, 0.4) is 0 Å². The molecule has 162 valence electrons. The number of hydrogen-bond donors (Lipinski definition) is 1. The van der Waals surface area contributed by atoms with Crippen molar-refractivity contribution < 1.29 is 19.1 Å². The molecule has 2 aromatic rings. The van der Waals surface area contributed by atoms with Crippen LogP contribution in [0.5, 0.6) is 11.5 Å². The number of nitrogens with one attached hydrogen (secondary N) is 1. The van der Waals surface area contributed by atoms with E-state index in [9.17, 15) is 9.59 Å². The molecule has 0 spiro atoms. The van der Waals surface area contributed by atoms with Gasteiger partial charge >= 0.3 is 0 Å². The van der Waals surface area contributed by atoms with Crippen LogP contribution in [-0.4, -0.2) is 44.0 Å². The monoisotopic (exact) mass is 452 g/mol. The molecular formula is C22H26Cl2N2O4. The van der Waals surface area contributed by atoms with Crippen LogP contribution in [-0.2, 0) is 16.0 Å². The number of carbonyl (C=O) groups excluding carboxylic acids is 2. The fourth-order valence-electron chi connectivity index (χ4n) is 2.94. The molecule has 0 saturated heterocycles. The normalized spacial score (nSPS) is 10.4. The van der Waals surface area contributed by atoms with Crippen LogP contribution in [0, 0.1) is 0 Å². The molecule has 1 N–H and O–H groups in total. The van der Waals surface area contributed by atoms with Gasteiger partial charge < -0.3 is 19.7 Å². The molecular weight excluding hydrogens is 427 g/mol. The second-order valence-corrected chi connectivity index (χ2v) is 7.55. The molecule has 0 bridgehead atoms. The zero-order chi connectivity index (χ0) is 22.1. The SMILES string of the molecule is CCCN(CC(=O)Nc1cc(Cl)ccc1Cl)C(=O)CCc1cc(OC)cc(OC)c1. The third-order valence-corrected chi connectivity index (χ3v) is 4.99. The first-order valence-corrected chi connectivity index (χ1v) is 10.4. The van der Waals surface area contributed by atoms with Crippen molar-refractivity contribution in [3.8, 4) is 11.5 Å². The number of halogens is 2. The van der Waals surface area contributed by atoms with Crippen molar-refractivity contribution in [3.05, 3.63) is 52.0 Å². The predicted molar refractivity (Wildman–Crippen MR) is 120 cm³/mol. The maximum Gasteiger partial charge on any atom is 0.244 e. The molecule has 2 aromatic carbocycles. The first kappa shape index (κ1) is 23.8. The summed E-state index contributed by atoms with van der Waals surface area (Å²) in [5.74, 6) is 0.898. The Kier molecular flexibility index (Phi) is 9.27. The van der Waals surface area contributed by atoms with E-state index < -0.39 is 0 Å². The Labute approximate surface area is 187 Å². The van der Waals surface area contributed by atoms with Gasteiger partial charge in [0.1, 0.15) is 11.5 Å². The summed E-state index contributed by atoms with van der Waals surface area (Å²) in [4.78, 5) is 26.8. The highest BCUT2D eigenvalue weighted by Crippen LogP contribution is 2.26. The summed E-state index contributed by atoms with van der Waals surface area (Å²) in [6, 6.07) is 10.3. The van der Waals surface area contributed by atoms with Crippen molar-refractivity contribution in [2.75, 3.05) is 32.6 Å². The van der Waals surface area contributed by atoms with E-state index in [1.165, 1.54) is 0 Å². The summed E-state index contributed by atoms with van der Waals surface area (Å²) in [5.41, 5.74) is 1.34. The van der Waals surface area contributed by atoms with Gasteiger partial charge in [0.05, 0.1) is 31.5 Å². The van der Waals surface area contributed by atoms with Crippen molar-refractivity contribution in [3.63, 3.8) is 0 Å². The number of carbonyl (C=O) groups is 2. The van der Waals surface area contributed by atoms with E-state index in [1.807, 2.05) is 19.1 Å². The molecule has 30 heavy (non-hydrogen) atoms. The second kappa shape index (κ2) is 11.7. The Morgan fingerprint density at radius 1 is 1.03 bits per heavy atom. The lowest BCUT2D eigenvalue weighted by atomic mass is 10.1. The van der Waals surface area contributed by atoms with Gasteiger partial charge in [-0.1, -0.05) is 30.1 Å². The summed E-state index contributed by atoms with van der Waals surface area (Å²) < 4.78 is 10.5. The second-order valence-electron chi connectivity index (χ2n) is 6.71. The zero-order valence-electron chi connectivity index (χ0n) is 17.3. The molecule has 2 amide bonds. The molecule has 0 radical (unpaired) electrons. The lowest BCUT2D eigenvalue weighted by molar-refractivity contribution is -0.134. The molecule has 0 fully saturated rings. The van der Waals surface area contributed by atoms with Crippen molar-refractivity contribution in [2.45, 2.75) is 26.2 Å². The summed E-state index contributed by atoms with van der Waals surface area (Å²) >= 11 is 12.0. The Morgan fingerprint density at radius 2 is 1.70 bits per heavy atom. The molecule has 8 heteroatoms. The van der Waals surface area contributed by atoms with Crippen LogP contribution in [0.4, 0.5) is 5.69 Å². The number of ether oxygens (including phenoxy) is 2. The molecule has 6 nitrogen and oxygen atoms in total. The average Bonchev–Trinajstić information content (AvgIpc) is 2.73. The van der Waals surface area contributed by atoms with Gasteiger partial charge in [0.15, 0.2) is 0 Å². The summed E-state index contributed by atoms with van der Waals surface area (Å²) in [7, 11) is 3.16. The molecule has 2 rings (SSSR count). The van der Waals surface area contributed by atoms with Gasteiger partial charge in [-0.05, 0) is 48.7 Å². The average molecular weight is 453 g/mol. The zero-order valence-corrected chi connectivity index (χ0v) is 18.8. The van der Waals surface area contributed by atoms with Crippen molar-refractivity contribution in [1.82, 2.24) is 4.90 Å². The lowest BCUT2D eigenvalue weighted by Gasteiger charge is -2.22. The first-order valence-electron chi connectivity index (χ1n) is 9.60. The number of methoxy groups -OCH3 is 2. The highest BCUT2D eigenvalue weighted by Gasteiger charge is 2.17. The van der Waals surface area contributed by atoms with E-state index in [0.29, 0.717) is 40.2 Å². The topological polar surface area (TPSA) is 67.9 Å². The van der Waals surface area contributed by atoms with Crippen molar-refractivity contribution >= 4 is 40.7 Å². The summed E-state index contributed by atoms with van der Waals surface area (Å²) in [6.07, 6.45) is 1.51. The van der Waals surface area contributed by atoms with E-state index >= 15 is 0 Å². The summed E-state index contributed by atoms with van der Waals surface area (Å²) in [6.45, 7) is 2.38. The number of amides is 2. The molecule has 0 aliphatic rings. The minimum atomic E-state index is -0.330. The van der Waals surface area contributed by atoms with Gasteiger partial charge in [-0.25, -0.2) is 0 Å². The maximum absolute atomic E-state index is 12.8. The maximum atomic E-state index is 12.8. The molecule has 0 unspecified atom stereocenters. The molecule has 0 atom stereocenters. The molecule has 0 heterocycles. The molecule has 0 aliphatic heterocycles. The third kappa shape index (κ3) is 7.11. The number of aryl methyl sites for hydroxylation is 1. The van der Waals surface area contributed by atoms with E-state index in [1.54, 1.807) is 43.4 Å². The number of anilines is 1. The number of nitrogens with zero attached hydrogens (tertiary/aromatic N) is 1. The fraction of sp³-hybridized carbons (Fsp3) is 0.364. The fourth-order valence-corrected chi connectivity index (χ4v) is 3.28. The van der Waals surface area contributed by atoms with Gasteiger partial charge in [0, 0.05) is 24.1 Å². The highest BCUT2D eigenvalue weighted by molar-refractivity contribution is 6.35. The van der Waals surface area contributed by atoms with Crippen molar-refractivity contribution in [1.29, 1.82) is 0 Å². The number of rotatable bonds is 10. The molecule has 0 saturated carbocycles. The highest BCUT2D eigenvalue weighted by atomic mass is 35.5. The number of benzene rings is 2. The van der Waals surface area contributed by atoms with Crippen LogP contribution in [0.15, 0.2) is 36.4 Å². The third-order valence-electron chi connectivity index (χ3n) is 4.42. The smallest absolute Gasteiger partial charge is 0.244 e. The van der Waals surface area contributed by atoms with E-state index in [0.717, 1.165) is 12.0 Å². The van der Waals surface area contributed by atoms with Crippen LogP contribution < -0.4 is 14.8 Å². The van der Waals surface area contributed by atoms with E-state index in [4.69, 9.17) is 32.7 Å². The Balaban J connectivity index is 2.00. The first-order chi connectivity index (χ1) is 14.4. The quantitative estimate of drug-likeness (QED) is 0.560. The van der Waals surface area contributed by atoms with E-state index in [-0.39, 0.29) is 24.8 Å². The molecule has 0 aromatic heterocycles. The predicted octanol–water partition coefficient (Wildman–Crippen LogP) is 4.82. The van der Waals surface area contributed by atoms with Crippen LogP contribution in [0.25, 0.3) is 0 Å². The van der Waals surface area contributed by atoms with Gasteiger partial charge in [0.2, 0.25) is 11.8 Å². The van der Waals surface area contributed by atoms with E-state index in [2.05, 4.69) is 5.32 Å². The standard InChI is InChI=1S/C22H26Cl2N2O4/c1-4-9-26(14-21(27)25-20-12-16(23)6-7-19(20)24)22(28)8-5-15-10-17(29-2)13-18(11-15)30-3/h6-7,10-13H,4-5,8-9,14H2,1-3H3,(H,25,27). The van der Waals surface area contributed by atoms with Crippen LogP contribution >= 0.6 is 23.2 Å². The van der Waals surface area contributed by atoms with Gasteiger partial charge in [-0.2, -0.15) is 0 Å². The van der Waals surface area contributed by atoms with Gasteiger partial charge in [-0.3, -0.25) is 9.59 Å². The lowest BCUT2D eigenvalue weighted by Crippen LogP contribution is -2.38. The Morgan fingerprint density at radius 3 is 2.30 bits per heavy atom. The van der Waals surface area contributed by atoms with Gasteiger partial charge in [-0.15, -0.1) is 0 Å². The number of hydrogen-bond acceptors (Lipinski definition) is 4. The summed E-state index contributed by atoms with van der Waals surface area (Å²) in [5, 5.41) is 3.56. The Hall–Kier alpha value is -2.44. The van der Waals surface area contributed by atoms with Crippen molar-refractivity contribution in [2.24, 2.45) is 0 Å².